The lowest BCUT2D eigenvalue weighted by Gasteiger charge is -2.22. The van der Waals surface area contributed by atoms with Crippen LogP contribution in [-0.2, 0) is 15.3 Å². The minimum Gasteiger partial charge on any atom is -0.505 e. The second-order valence-corrected chi connectivity index (χ2v) is 12.5. The zero-order valence-electron chi connectivity index (χ0n) is 21.7. The highest BCUT2D eigenvalue weighted by Gasteiger charge is 2.48. The molecule has 41 heavy (non-hydrogen) atoms. The van der Waals surface area contributed by atoms with Crippen LogP contribution in [0, 0.1) is 13.8 Å². The topological polar surface area (TPSA) is 101 Å². The number of carbonyl (C=O) groups excluding carboxylic acids is 2. The number of aliphatic hydroxyl groups excluding tert-OH is 1. The van der Waals surface area contributed by atoms with Crippen LogP contribution < -0.4 is 4.90 Å². The van der Waals surface area contributed by atoms with Crippen molar-refractivity contribution in [2.45, 2.75) is 30.0 Å². The van der Waals surface area contributed by atoms with Gasteiger partial charge in [0.05, 0.1) is 17.3 Å². The van der Waals surface area contributed by atoms with Crippen molar-refractivity contribution in [2.75, 3.05) is 4.90 Å². The summed E-state index contributed by atoms with van der Waals surface area (Å²) in [6, 6.07) is 17.3. The van der Waals surface area contributed by atoms with E-state index in [2.05, 4.69) is 15.2 Å². The zero-order chi connectivity index (χ0) is 28.8. The average molecular weight is 623 g/mol. The number of pyridine rings is 1. The van der Waals surface area contributed by atoms with Crippen LogP contribution in [0.3, 0.4) is 0 Å². The van der Waals surface area contributed by atoms with Gasteiger partial charge in [0.15, 0.2) is 10.1 Å². The van der Waals surface area contributed by atoms with E-state index in [9.17, 15) is 14.7 Å². The lowest BCUT2D eigenvalue weighted by atomic mass is 9.96. The van der Waals surface area contributed by atoms with E-state index < -0.39 is 17.7 Å². The normalized spacial score (nSPS) is 16.7. The van der Waals surface area contributed by atoms with E-state index in [0.717, 1.165) is 11.1 Å². The van der Waals surface area contributed by atoms with Crippen LogP contribution in [0.25, 0.3) is 11.4 Å². The summed E-state index contributed by atoms with van der Waals surface area (Å²) < 4.78 is 2.29. The summed E-state index contributed by atoms with van der Waals surface area (Å²) in [5, 5.41) is 21.5. The predicted octanol–water partition coefficient (Wildman–Crippen LogP) is 7.03. The van der Waals surface area contributed by atoms with Crippen molar-refractivity contribution in [1.29, 1.82) is 0 Å². The number of carbonyl (C=O) groups is 2. The molecule has 3 aromatic heterocycles. The fraction of sp³-hybridized carbons (Fsp3) is 0.138. The van der Waals surface area contributed by atoms with Gasteiger partial charge in [0, 0.05) is 22.0 Å². The van der Waals surface area contributed by atoms with Gasteiger partial charge < -0.3 is 5.11 Å². The van der Waals surface area contributed by atoms with Crippen molar-refractivity contribution >= 4 is 74.5 Å². The van der Waals surface area contributed by atoms with Crippen LogP contribution in [-0.4, -0.2) is 36.4 Å². The predicted molar refractivity (Wildman–Crippen MR) is 162 cm³/mol. The molecule has 1 aliphatic rings. The molecule has 0 radical (unpaired) electrons. The van der Waals surface area contributed by atoms with Crippen LogP contribution in [0.5, 0.6) is 0 Å². The number of amides is 1. The molecule has 206 valence electrons. The number of aliphatic hydroxyl groups is 1. The minimum atomic E-state index is -0.916. The van der Waals surface area contributed by atoms with Crippen molar-refractivity contribution in [3.8, 4) is 0 Å². The first-order valence-corrected chi connectivity index (χ1v) is 15.0. The van der Waals surface area contributed by atoms with Crippen molar-refractivity contribution in [3.05, 3.63) is 111 Å². The van der Waals surface area contributed by atoms with E-state index in [1.165, 1.54) is 28.0 Å². The molecule has 0 bridgehead atoms. The number of aromatic nitrogens is 4. The van der Waals surface area contributed by atoms with Gasteiger partial charge in [0.25, 0.3) is 5.78 Å². The molecule has 0 aliphatic carbocycles. The number of hydrogen-bond acceptors (Lipinski definition) is 8. The van der Waals surface area contributed by atoms with Crippen molar-refractivity contribution in [3.63, 3.8) is 0 Å². The summed E-state index contributed by atoms with van der Waals surface area (Å²) in [6.45, 7) is 3.70. The van der Waals surface area contributed by atoms with Gasteiger partial charge in [-0.15, -0.1) is 10.2 Å². The van der Waals surface area contributed by atoms with Gasteiger partial charge in [-0.2, -0.15) is 0 Å². The number of thioether (sulfide) groups is 1. The van der Waals surface area contributed by atoms with Crippen molar-refractivity contribution < 1.29 is 14.7 Å². The van der Waals surface area contributed by atoms with Crippen LogP contribution in [0.4, 0.5) is 5.13 Å². The van der Waals surface area contributed by atoms with Crippen LogP contribution in [0.1, 0.15) is 34.1 Å². The van der Waals surface area contributed by atoms with Crippen LogP contribution >= 0.6 is 46.3 Å². The lowest BCUT2D eigenvalue weighted by molar-refractivity contribution is -0.132. The molecule has 1 atom stereocenters. The highest BCUT2D eigenvalue weighted by atomic mass is 35.5. The van der Waals surface area contributed by atoms with E-state index in [1.54, 1.807) is 41.8 Å². The number of imidazole rings is 1. The van der Waals surface area contributed by atoms with Gasteiger partial charge >= 0.3 is 5.91 Å². The molecule has 0 saturated carbocycles. The third-order valence-electron chi connectivity index (χ3n) is 6.73. The van der Waals surface area contributed by atoms with Gasteiger partial charge in [0.2, 0.25) is 5.13 Å². The Hall–Kier alpha value is -3.70. The second-order valence-electron chi connectivity index (χ2n) is 9.43. The summed E-state index contributed by atoms with van der Waals surface area (Å²) in [5.74, 6) is -1.39. The highest BCUT2D eigenvalue weighted by molar-refractivity contribution is 8.00. The Bertz CT molecular complexity index is 1870. The molecule has 2 aromatic carbocycles. The number of aryl methyl sites for hydroxylation is 2. The number of benzene rings is 2. The SMILES string of the molecule is Cc1ccc(C2C(=C(O)c3c(C)nc4ccccn34)C(=O)C(=O)N2c2nnc(SCc3ccc(Cl)cc3Cl)s2)cc1. The standard InChI is InChI=1S/C29H21Cl2N5O3S2/c1-15-6-8-17(9-7-15)24-22(25(37)23-16(2)32-21-5-3-4-12-35(21)23)26(38)27(39)36(24)28-33-34-29(41-28)40-14-18-10-11-19(30)13-20(18)31/h3-13,24,37H,14H2,1-2H3. The number of anilines is 1. The maximum Gasteiger partial charge on any atom is 0.301 e. The summed E-state index contributed by atoms with van der Waals surface area (Å²) >= 11 is 14.9. The first kappa shape index (κ1) is 27.5. The van der Waals surface area contributed by atoms with E-state index in [0.29, 0.717) is 42.7 Å². The number of ketones is 1. The third-order valence-corrected chi connectivity index (χ3v) is 9.43. The number of Topliss-reactive ketones (excluding diaryl/α,β-unsaturated/α-hetero) is 1. The fourth-order valence-corrected chi connectivity index (χ4v) is 7.18. The number of nitrogens with zero attached hydrogens (tertiary/aromatic N) is 5. The van der Waals surface area contributed by atoms with Gasteiger partial charge in [-0.05, 0) is 49.2 Å². The maximum absolute atomic E-state index is 13.6. The van der Waals surface area contributed by atoms with Crippen molar-refractivity contribution in [2.24, 2.45) is 0 Å². The Balaban J connectivity index is 1.42. The molecule has 1 aliphatic heterocycles. The molecular formula is C29H21Cl2N5O3S2. The van der Waals surface area contributed by atoms with Crippen LogP contribution in [0.15, 0.2) is 76.8 Å². The summed E-state index contributed by atoms with van der Waals surface area (Å²) in [6.07, 6.45) is 1.75. The summed E-state index contributed by atoms with van der Waals surface area (Å²) in [7, 11) is 0. The first-order chi connectivity index (χ1) is 19.7. The Morgan fingerprint density at radius 3 is 2.59 bits per heavy atom. The molecule has 4 heterocycles. The molecule has 1 N–H and O–H groups in total. The van der Waals surface area contributed by atoms with E-state index in [4.69, 9.17) is 23.2 Å². The largest absolute Gasteiger partial charge is 0.505 e. The molecule has 0 spiro atoms. The Labute approximate surface area is 253 Å². The summed E-state index contributed by atoms with van der Waals surface area (Å²) in [4.78, 5) is 33.0. The number of halogens is 2. The maximum atomic E-state index is 13.6. The second kappa shape index (κ2) is 10.9. The van der Waals surface area contributed by atoms with E-state index in [-0.39, 0.29) is 16.5 Å². The van der Waals surface area contributed by atoms with Gasteiger partial charge in [-0.25, -0.2) is 4.98 Å². The Kier molecular flexibility index (Phi) is 7.33. The number of fused-ring (bicyclic) bond motifs is 1. The Morgan fingerprint density at radius 1 is 1.05 bits per heavy atom. The lowest BCUT2D eigenvalue weighted by Crippen LogP contribution is -2.29. The molecule has 12 heteroatoms. The third kappa shape index (κ3) is 5.01. The minimum absolute atomic E-state index is 0.0371. The molecular weight excluding hydrogens is 601 g/mol. The monoisotopic (exact) mass is 621 g/mol. The average Bonchev–Trinajstić information content (AvgIpc) is 3.62. The smallest absolute Gasteiger partial charge is 0.301 e. The molecule has 6 rings (SSSR count). The van der Waals surface area contributed by atoms with E-state index in [1.807, 2.05) is 43.3 Å². The quantitative estimate of drug-likeness (QED) is 0.0714. The fourth-order valence-electron chi connectivity index (χ4n) is 4.76. The van der Waals surface area contributed by atoms with E-state index >= 15 is 0 Å². The Morgan fingerprint density at radius 2 is 1.83 bits per heavy atom. The first-order valence-electron chi connectivity index (χ1n) is 12.4. The van der Waals surface area contributed by atoms with Crippen molar-refractivity contribution in [1.82, 2.24) is 19.6 Å². The number of hydrogen-bond donors (Lipinski definition) is 1. The molecule has 1 fully saturated rings. The van der Waals surface area contributed by atoms with Gasteiger partial charge in [-0.1, -0.05) is 88.3 Å². The zero-order valence-corrected chi connectivity index (χ0v) is 24.9. The molecule has 1 unspecified atom stereocenters. The number of rotatable bonds is 6. The summed E-state index contributed by atoms with van der Waals surface area (Å²) in [5.41, 5.74) is 3.99. The molecule has 8 nitrogen and oxygen atoms in total. The van der Waals surface area contributed by atoms with Gasteiger partial charge in [0.1, 0.15) is 11.3 Å². The molecule has 1 amide bonds. The molecule has 5 aromatic rings. The highest BCUT2D eigenvalue weighted by Crippen LogP contribution is 2.44. The van der Waals surface area contributed by atoms with Gasteiger partial charge in [-0.3, -0.25) is 18.9 Å². The molecule has 1 saturated heterocycles. The van der Waals surface area contributed by atoms with Crippen LogP contribution in [0.2, 0.25) is 10.0 Å².